The Labute approximate surface area is 202 Å². The van der Waals surface area contributed by atoms with E-state index in [1.807, 2.05) is 23.0 Å². The largest absolute Gasteiger partial charge is 0.366 e. The van der Waals surface area contributed by atoms with Crippen molar-refractivity contribution in [2.45, 2.75) is 70.9 Å². The average molecular weight is 480 g/mol. The standard InChI is InChI=1S/C25H30FN7O2/c1-3-4-5-6-16-9-10-19(20(26)13-16)25(2)14-18(21-11-12-32(29-21)15-17-7-8-17)22(23(34)27-25)33-24(35)28-30-31-33/h9-13,17H,3-8,14-15H2,1-2H3,(H,27,34)(H,28,31,35)/t25-/m0/s1. The summed E-state index contributed by atoms with van der Waals surface area (Å²) in [7, 11) is 0. The van der Waals surface area contributed by atoms with E-state index in [0.29, 0.717) is 22.7 Å². The van der Waals surface area contributed by atoms with E-state index in [1.54, 1.807) is 19.1 Å². The topological polar surface area (TPSA) is 110 Å². The molecule has 2 aromatic heterocycles. The zero-order valence-electron chi connectivity index (χ0n) is 20.1. The number of unbranched alkanes of at least 4 members (excludes halogenated alkanes) is 2. The van der Waals surface area contributed by atoms with Gasteiger partial charge in [-0.05, 0) is 66.6 Å². The molecule has 35 heavy (non-hydrogen) atoms. The summed E-state index contributed by atoms with van der Waals surface area (Å²) in [6.07, 6.45) is 8.51. The van der Waals surface area contributed by atoms with Gasteiger partial charge in [0.15, 0.2) is 0 Å². The summed E-state index contributed by atoms with van der Waals surface area (Å²) in [5.41, 5.74) is 0.809. The molecule has 184 valence electrons. The molecule has 1 amide bonds. The molecule has 0 bridgehead atoms. The van der Waals surface area contributed by atoms with Crippen molar-refractivity contribution in [1.82, 2.24) is 35.3 Å². The number of carbonyl (C=O) groups excluding carboxylic acids is 1. The molecule has 1 saturated carbocycles. The van der Waals surface area contributed by atoms with Crippen LogP contribution in [-0.4, -0.2) is 35.9 Å². The highest BCUT2D eigenvalue weighted by molar-refractivity contribution is 6.22. The van der Waals surface area contributed by atoms with Crippen molar-refractivity contribution in [1.29, 1.82) is 0 Å². The van der Waals surface area contributed by atoms with Gasteiger partial charge >= 0.3 is 5.69 Å². The second-order valence-corrected chi connectivity index (χ2v) is 9.85. The number of rotatable bonds is 9. The molecular formula is C25H30FN7O2. The quantitative estimate of drug-likeness (QED) is 0.458. The van der Waals surface area contributed by atoms with Gasteiger partial charge in [-0.3, -0.25) is 9.48 Å². The number of aromatic amines is 1. The van der Waals surface area contributed by atoms with Gasteiger partial charge in [0.25, 0.3) is 5.91 Å². The highest BCUT2D eigenvalue weighted by Gasteiger charge is 2.41. The lowest BCUT2D eigenvalue weighted by Gasteiger charge is -2.37. The van der Waals surface area contributed by atoms with E-state index in [4.69, 9.17) is 0 Å². The van der Waals surface area contributed by atoms with E-state index in [2.05, 4.69) is 32.9 Å². The van der Waals surface area contributed by atoms with E-state index in [1.165, 1.54) is 12.8 Å². The van der Waals surface area contributed by atoms with Gasteiger partial charge in [0.05, 0.1) is 11.2 Å². The highest BCUT2D eigenvalue weighted by Crippen LogP contribution is 2.40. The zero-order chi connectivity index (χ0) is 24.6. The van der Waals surface area contributed by atoms with Crippen LogP contribution >= 0.6 is 0 Å². The molecular weight excluding hydrogens is 449 g/mol. The molecule has 0 radical (unpaired) electrons. The number of hydrogen-bond donors (Lipinski definition) is 2. The zero-order valence-corrected chi connectivity index (χ0v) is 20.1. The van der Waals surface area contributed by atoms with Gasteiger partial charge < -0.3 is 5.32 Å². The summed E-state index contributed by atoms with van der Waals surface area (Å²) in [5.74, 6) is -0.269. The Hall–Kier alpha value is -3.56. The van der Waals surface area contributed by atoms with E-state index in [-0.39, 0.29) is 17.9 Å². The van der Waals surface area contributed by atoms with Crippen LogP contribution < -0.4 is 11.0 Å². The van der Waals surface area contributed by atoms with Crippen molar-refractivity contribution in [2.24, 2.45) is 5.92 Å². The molecule has 9 nitrogen and oxygen atoms in total. The summed E-state index contributed by atoms with van der Waals surface area (Å²) in [4.78, 5) is 25.7. The Morgan fingerprint density at radius 2 is 2.03 bits per heavy atom. The fourth-order valence-corrected chi connectivity index (χ4v) is 4.80. The predicted molar refractivity (Wildman–Crippen MR) is 128 cm³/mol. The molecule has 0 spiro atoms. The lowest BCUT2D eigenvalue weighted by molar-refractivity contribution is -0.118. The maximum absolute atomic E-state index is 15.4. The Morgan fingerprint density at radius 3 is 2.71 bits per heavy atom. The van der Waals surface area contributed by atoms with Crippen LogP contribution in [0.2, 0.25) is 0 Å². The van der Waals surface area contributed by atoms with Crippen molar-refractivity contribution in [3.63, 3.8) is 0 Å². The Bertz CT molecular complexity index is 1330. The molecule has 1 aromatic carbocycles. The molecule has 1 atom stereocenters. The minimum absolute atomic E-state index is 0.0505. The molecule has 2 N–H and O–H groups in total. The molecule has 0 saturated heterocycles. The maximum atomic E-state index is 15.4. The summed E-state index contributed by atoms with van der Waals surface area (Å²) in [6, 6.07) is 7.08. The van der Waals surface area contributed by atoms with Crippen LogP contribution in [0.25, 0.3) is 11.3 Å². The number of aryl methyl sites for hydroxylation is 1. The SMILES string of the molecule is CCCCCc1ccc([C@]2(C)CC(c3ccn(CC4CC4)n3)=C(n3nn[nH]c3=O)C(=O)N2)c(F)c1. The van der Waals surface area contributed by atoms with Crippen LogP contribution in [0.3, 0.4) is 0 Å². The third-order valence-electron chi connectivity index (χ3n) is 6.89. The van der Waals surface area contributed by atoms with Gasteiger partial charge in [-0.1, -0.05) is 31.9 Å². The lowest BCUT2D eigenvalue weighted by Crippen LogP contribution is -2.49. The molecule has 5 rings (SSSR count). The molecule has 1 aliphatic carbocycles. The molecule has 10 heteroatoms. The Kier molecular flexibility index (Phi) is 6.12. The van der Waals surface area contributed by atoms with E-state index in [9.17, 15) is 9.59 Å². The van der Waals surface area contributed by atoms with Crippen molar-refractivity contribution in [3.8, 4) is 0 Å². The van der Waals surface area contributed by atoms with Crippen molar-refractivity contribution in [3.05, 3.63) is 63.6 Å². The number of carbonyl (C=O) groups is 1. The van der Waals surface area contributed by atoms with E-state index in [0.717, 1.165) is 42.5 Å². The summed E-state index contributed by atoms with van der Waals surface area (Å²) >= 11 is 0. The van der Waals surface area contributed by atoms with Crippen molar-refractivity contribution < 1.29 is 9.18 Å². The molecule has 2 aliphatic rings. The van der Waals surface area contributed by atoms with Crippen molar-refractivity contribution >= 4 is 17.2 Å². The average Bonchev–Trinajstić information content (AvgIpc) is 3.33. The monoisotopic (exact) mass is 479 g/mol. The maximum Gasteiger partial charge on any atom is 0.366 e. The fourth-order valence-electron chi connectivity index (χ4n) is 4.80. The van der Waals surface area contributed by atoms with Gasteiger partial charge in [-0.25, -0.2) is 14.3 Å². The number of tetrazole rings is 1. The van der Waals surface area contributed by atoms with Crippen LogP contribution in [-0.2, 0) is 23.3 Å². The van der Waals surface area contributed by atoms with Crippen molar-refractivity contribution in [2.75, 3.05) is 0 Å². The third kappa shape index (κ3) is 4.69. The second kappa shape index (κ2) is 9.24. The fraction of sp³-hybridized carbons (Fsp3) is 0.480. The molecule has 1 fully saturated rings. The van der Waals surface area contributed by atoms with Crippen LogP contribution in [0, 0.1) is 11.7 Å². The lowest BCUT2D eigenvalue weighted by atomic mass is 9.80. The third-order valence-corrected chi connectivity index (χ3v) is 6.89. The minimum atomic E-state index is -1.03. The van der Waals surface area contributed by atoms with Crippen LogP contribution in [0.15, 0.2) is 35.3 Å². The number of hydrogen-bond acceptors (Lipinski definition) is 5. The second-order valence-electron chi connectivity index (χ2n) is 9.85. The summed E-state index contributed by atoms with van der Waals surface area (Å²) in [5, 5.41) is 17.2. The summed E-state index contributed by atoms with van der Waals surface area (Å²) < 4.78 is 18.2. The van der Waals surface area contributed by atoms with Crippen LogP contribution in [0.4, 0.5) is 4.39 Å². The van der Waals surface area contributed by atoms with Crippen LogP contribution in [0.1, 0.15) is 69.2 Å². The molecule has 0 unspecified atom stereocenters. The first-order valence-electron chi connectivity index (χ1n) is 12.3. The molecule has 1 aliphatic heterocycles. The molecule has 3 aromatic rings. The predicted octanol–water partition coefficient (Wildman–Crippen LogP) is 3.25. The summed E-state index contributed by atoms with van der Waals surface area (Å²) in [6.45, 7) is 4.74. The van der Waals surface area contributed by atoms with Gasteiger partial charge in [0, 0.05) is 30.3 Å². The van der Waals surface area contributed by atoms with Gasteiger partial charge in [0.2, 0.25) is 0 Å². The minimum Gasteiger partial charge on any atom is -0.341 e. The number of H-pyrrole nitrogens is 1. The number of aromatic nitrogens is 6. The van der Waals surface area contributed by atoms with Gasteiger partial charge in [-0.2, -0.15) is 9.78 Å². The number of nitrogens with one attached hydrogen (secondary N) is 2. The first-order valence-corrected chi connectivity index (χ1v) is 12.3. The first kappa shape index (κ1) is 23.2. The number of amides is 1. The normalized spacial score (nSPS) is 20.4. The van der Waals surface area contributed by atoms with E-state index >= 15 is 4.39 Å². The number of halogens is 1. The smallest absolute Gasteiger partial charge is 0.341 e. The number of benzene rings is 1. The van der Waals surface area contributed by atoms with Gasteiger partial charge in [0.1, 0.15) is 11.5 Å². The Morgan fingerprint density at radius 1 is 1.20 bits per heavy atom. The van der Waals surface area contributed by atoms with E-state index < -0.39 is 17.1 Å². The van der Waals surface area contributed by atoms with Crippen LogP contribution in [0.5, 0.6) is 0 Å². The highest BCUT2D eigenvalue weighted by atomic mass is 19.1. The van der Waals surface area contributed by atoms with Gasteiger partial charge in [-0.15, -0.1) is 0 Å². The first-order chi connectivity index (χ1) is 16.9. The molecule has 3 heterocycles. The number of nitrogens with zero attached hydrogens (tertiary/aromatic N) is 5. The Balaban J connectivity index is 1.53.